The van der Waals surface area contributed by atoms with E-state index < -0.39 is 16.2 Å². The molecule has 0 aliphatic carbocycles. The van der Waals surface area contributed by atoms with E-state index in [4.69, 9.17) is 4.18 Å². The normalized spacial score (nSPS) is 20.3. The average Bonchev–Trinajstić information content (AvgIpc) is 3.52. The minimum absolute atomic E-state index is 0.0695. The molecule has 2 aliphatic rings. The first-order valence-electron chi connectivity index (χ1n) is 12.0. The average molecular weight is 500 g/mol. The lowest BCUT2D eigenvalue weighted by molar-refractivity contribution is 0.0735. The highest BCUT2D eigenvalue weighted by atomic mass is 32.2. The summed E-state index contributed by atoms with van der Waals surface area (Å²) >= 11 is 0. The molecule has 3 amide bonds. The quantitative estimate of drug-likeness (QED) is 0.570. The van der Waals surface area contributed by atoms with Gasteiger partial charge in [0.25, 0.3) is 16.0 Å². The number of carbonyl (C=O) groups excluding carboxylic acids is 2. The molecule has 0 N–H and O–H groups in total. The summed E-state index contributed by atoms with van der Waals surface area (Å²) in [7, 11) is -1.77. The molecule has 2 aromatic carbocycles. The number of hydrogen-bond acceptors (Lipinski definition) is 5. The van der Waals surface area contributed by atoms with Crippen LogP contribution in [0, 0.1) is 0 Å². The van der Waals surface area contributed by atoms with Crippen LogP contribution in [0.4, 0.5) is 4.79 Å². The number of aryl methyl sites for hydroxylation is 1. The van der Waals surface area contributed by atoms with Crippen LogP contribution in [0.5, 0.6) is 0 Å². The fraction of sp³-hybridized carbons (Fsp3) is 0.462. The van der Waals surface area contributed by atoms with E-state index in [0.717, 1.165) is 23.8 Å². The molecule has 2 fully saturated rings. The predicted octanol–water partition coefficient (Wildman–Crippen LogP) is 3.23. The minimum Gasteiger partial charge on any atom is -0.337 e. The second-order valence-corrected chi connectivity index (χ2v) is 11.0. The molecule has 0 spiro atoms. The summed E-state index contributed by atoms with van der Waals surface area (Å²) in [5, 5.41) is 0. The Balaban J connectivity index is 1.33. The topological polar surface area (TPSA) is 87.2 Å². The zero-order valence-electron chi connectivity index (χ0n) is 20.5. The maximum absolute atomic E-state index is 13.1. The van der Waals surface area contributed by atoms with Crippen molar-refractivity contribution in [3.63, 3.8) is 0 Å². The lowest BCUT2D eigenvalue weighted by atomic mass is 10.0. The van der Waals surface area contributed by atoms with Gasteiger partial charge in [-0.15, -0.1) is 0 Å². The lowest BCUT2D eigenvalue weighted by Gasteiger charge is -2.27. The van der Waals surface area contributed by atoms with Crippen LogP contribution in [0.2, 0.25) is 0 Å². The number of likely N-dealkylation sites (N-methyl/N-ethyl adjacent to an activating group) is 1. The largest absolute Gasteiger partial charge is 0.337 e. The molecule has 0 saturated carbocycles. The summed E-state index contributed by atoms with van der Waals surface area (Å²) in [6, 6.07) is 15.9. The van der Waals surface area contributed by atoms with Crippen LogP contribution in [0.25, 0.3) is 11.1 Å². The molecule has 2 heterocycles. The highest BCUT2D eigenvalue weighted by Gasteiger charge is 2.36. The zero-order chi connectivity index (χ0) is 25.2. The van der Waals surface area contributed by atoms with Gasteiger partial charge in [0.2, 0.25) is 0 Å². The van der Waals surface area contributed by atoms with Crippen LogP contribution in [0.15, 0.2) is 48.5 Å². The third-order valence-electron chi connectivity index (χ3n) is 6.86. The minimum atomic E-state index is -3.55. The summed E-state index contributed by atoms with van der Waals surface area (Å²) in [5.74, 6) is -0.0695. The maximum atomic E-state index is 13.1. The van der Waals surface area contributed by atoms with Gasteiger partial charge in [0.1, 0.15) is 0 Å². The zero-order valence-corrected chi connectivity index (χ0v) is 21.3. The van der Waals surface area contributed by atoms with Gasteiger partial charge in [-0.1, -0.05) is 43.3 Å². The number of benzene rings is 2. The second-order valence-electron chi connectivity index (χ2n) is 9.37. The van der Waals surface area contributed by atoms with Gasteiger partial charge in [-0.3, -0.25) is 8.98 Å². The van der Waals surface area contributed by atoms with Crippen molar-refractivity contribution in [2.45, 2.75) is 38.3 Å². The summed E-state index contributed by atoms with van der Waals surface area (Å²) in [6.45, 7) is 3.86. The Labute approximate surface area is 207 Å². The fourth-order valence-corrected chi connectivity index (χ4v) is 5.42. The molecule has 4 rings (SSSR count). The Kier molecular flexibility index (Phi) is 7.47. The standard InChI is InChI=1S/C26H33N3O5S/c1-4-19-5-7-20(8-6-19)21-9-11-22(12-10-21)25(30)27(2)23-13-15-28(17-23)26(31)29-16-14-24(18-29)34-35(3,32)33/h5-12,23-24H,4,13-18H2,1-3H3. The summed E-state index contributed by atoms with van der Waals surface area (Å²) < 4.78 is 27.8. The van der Waals surface area contributed by atoms with Crippen LogP contribution >= 0.6 is 0 Å². The molecule has 2 unspecified atom stereocenters. The molecule has 0 radical (unpaired) electrons. The van der Waals surface area contributed by atoms with Crippen LogP contribution in [0.3, 0.4) is 0 Å². The number of amides is 3. The lowest BCUT2D eigenvalue weighted by Crippen LogP contribution is -2.44. The van der Waals surface area contributed by atoms with Gasteiger partial charge in [0.05, 0.1) is 24.9 Å². The molecule has 2 aliphatic heterocycles. The number of nitrogens with zero attached hydrogens (tertiary/aromatic N) is 3. The number of likely N-dealkylation sites (tertiary alicyclic amines) is 2. The molecular formula is C26H33N3O5S. The van der Waals surface area contributed by atoms with E-state index in [0.29, 0.717) is 38.0 Å². The highest BCUT2D eigenvalue weighted by molar-refractivity contribution is 7.86. The van der Waals surface area contributed by atoms with E-state index in [2.05, 4.69) is 31.2 Å². The van der Waals surface area contributed by atoms with E-state index in [1.165, 1.54) is 5.56 Å². The van der Waals surface area contributed by atoms with Crippen LogP contribution in [-0.4, -0.2) is 86.7 Å². The van der Waals surface area contributed by atoms with Crippen molar-refractivity contribution in [2.75, 3.05) is 39.5 Å². The molecular weight excluding hydrogens is 466 g/mol. The highest BCUT2D eigenvalue weighted by Crippen LogP contribution is 2.24. The Hall–Kier alpha value is -2.91. The monoisotopic (exact) mass is 499 g/mol. The van der Waals surface area contributed by atoms with Crippen LogP contribution in [0.1, 0.15) is 35.7 Å². The Morgan fingerprint density at radius 3 is 2.11 bits per heavy atom. The van der Waals surface area contributed by atoms with Gasteiger partial charge in [0, 0.05) is 32.2 Å². The van der Waals surface area contributed by atoms with E-state index in [1.54, 1.807) is 21.7 Å². The molecule has 0 aromatic heterocycles. The van der Waals surface area contributed by atoms with Crippen molar-refractivity contribution in [1.29, 1.82) is 0 Å². The van der Waals surface area contributed by atoms with Crippen molar-refractivity contribution < 1.29 is 22.2 Å². The molecule has 9 heteroatoms. The van der Waals surface area contributed by atoms with Crippen molar-refractivity contribution in [3.8, 4) is 11.1 Å². The molecule has 188 valence electrons. The van der Waals surface area contributed by atoms with Gasteiger partial charge >= 0.3 is 6.03 Å². The van der Waals surface area contributed by atoms with Crippen LogP contribution in [-0.2, 0) is 20.7 Å². The molecule has 2 saturated heterocycles. The van der Waals surface area contributed by atoms with E-state index >= 15 is 0 Å². The van der Waals surface area contributed by atoms with Crippen molar-refractivity contribution >= 4 is 22.1 Å². The van der Waals surface area contributed by atoms with Gasteiger partial charge in [0.15, 0.2) is 0 Å². The van der Waals surface area contributed by atoms with Gasteiger partial charge in [-0.2, -0.15) is 8.42 Å². The smallest absolute Gasteiger partial charge is 0.320 e. The Bertz CT molecular complexity index is 1160. The first-order chi connectivity index (χ1) is 16.6. The molecule has 2 atom stereocenters. The first kappa shape index (κ1) is 25.2. The predicted molar refractivity (Wildman–Crippen MR) is 135 cm³/mol. The van der Waals surface area contributed by atoms with Gasteiger partial charge in [-0.05, 0) is 48.1 Å². The summed E-state index contributed by atoms with van der Waals surface area (Å²) in [6.07, 6.45) is 2.72. The SMILES string of the molecule is CCc1ccc(-c2ccc(C(=O)N(C)C3CCN(C(=O)N4CCC(OS(C)(=O)=O)C4)C3)cc2)cc1. The summed E-state index contributed by atoms with van der Waals surface area (Å²) in [5.41, 5.74) is 4.09. The molecule has 8 nitrogen and oxygen atoms in total. The molecule has 2 aromatic rings. The summed E-state index contributed by atoms with van der Waals surface area (Å²) in [4.78, 5) is 31.1. The maximum Gasteiger partial charge on any atom is 0.320 e. The van der Waals surface area contributed by atoms with Gasteiger partial charge in [-0.25, -0.2) is 4.79 Å². The first-order valence-corrected chi connectivity index (χ1v) is 13.8. The number of rotatable bonds is 6. The van der Waals surface area contributed by atoms with E-state index in [-0.39, 0.29) is 24.5 Å². The van der Waals surface area contributed by atoms with Crippen LogP contribution < -0.4 is 0 Å². The second kappa shape index (κ2) is 10.4. The Morgan fingerprint density at radius 1 is 0.943 bits per heavy atom. The third kappa shape index (κ3) is 6.02. The van der Waals surface area contributed by atoms with E-state index in [1.807, 2.05) is 24.3 Å². The van der Waals surface area contributed by atoms with Crippen molar-refractivity contribution in [1.82, 2.24) is 14.7 Å². The molecule has 35 heavy (non-hydrogen) atoms. The number of carbonyl (C=O) groups is 2. The fourth-order valence-electron chi connectivity index (χ4n) is 4.77. The number of urea groups is 1. The Morgan fingerprint density at radius 2 is 1.51 bits per heavy atom. The molecule has 0 bridgehead atoms. The van der Waals surface area contributed by atoms with Crippen molar-refractivity contribution in [3.05, 3.63) is 59.7 Å². The van der Waals surface area contributed by atoms with E-state index in [9.17, 15) is 18.0 Å². The third-order valence-corrected chi connectivity index (χ3v) is 7.48. The van der Waals surface area contributed by atoms with Gasteiger partial charge < -0.3 is 14.7 Å². The van der Waals surface area contributed by atoms with Crippen molar-refractivity contribution in [2.24, 2.45) is 0 Å². The number of hydrogen-bond donors (Lipinski definition) is 0.